The van der Waals surface area contributed by atoms with E-state index >= 15 is 0 Å². The molecule has 0 spiro atoms. The maximum Gasteiger partial charge on any atom is 0.258 e. The number of H-pyrrole nitrogens is 1. The standard InChI is InChI=1S/C26H19BrFN3O2/c1-15(32)31-23(16-7-10-19(28)11-8-16)14-22(30-31)25-24(17-5-3-2-4-6-17)20-13-18(27)9-12-21(20)29-26(25)33/h2-13,23H,14H2,1H3,(H,29,33)/t23-/m0/s1. The van der Waals surface area contributed by atoms with E-state index in [2.05, 4.69) is 26.0 Å². The van der Waals surface area contributed by atoms with Crippen LogP contribution < -0.4 is 5.56 Å². The Hall–Kier alpha value is -3.58. The Morgan fingerprint density at radius 1 is 1.06 bits per heavy atom. The second-order valence-electron chi connectivity index (χ2n) is 7.94. The molecule has 7 heteroatoms. The van der Waals surface area contributed by atoms with Crippen molar-refractivity contribution < 1.29 is 9.18 Å². The maximum absolute atomic E-state index is 13.5. The minimum atomic E-state index is -0.417. The highest BCUT2D eigenvalue weighted by Crippen LogP contribution is 2.37. The summed E-state index contributed by atoms with van der Waals surface area (Å²) >= 11 is 3.53. The predicted molar refractivity (Wildman–Crippen MR) is 131 cm³/mol. The van der Waals surface area contributed by atoms with E-state index in [9.17, 15) is 14.0 Å². The summed E-state index contributed by atoms with van der Waals surface area (Å²) in [5.74, 6) is -0.601. The molecule has 0 unspecified atom stereocenters. The van der Waals surface area contributed by atoms with Crippen molar-refractivity contribution in [2.24, 2.45) is 5.10 Å². The van der Waals surface area contributed by atoms with Crippen LogP contribution in [-0.2, 0) is 4.79 Å². The Bertz CT molecular complexity index is 1460. The van der Waals surface area contributed by atoms with Gasteiger partial charge in [-0.25, -0.2) is 9.40 Å². The van der Waals surface area contributed by atoms with E-state index in [0.717, 1.165) is 26.5 Å². The molecule has 1 atom stereocenters. The fraction of sp³-hybridized carbons (Fsp3) is 0.115. The maximum atomic E-state index is 13.5. The lowest BCUT2D eigenvalue weighted by molar-refractivity contribution is -0.130. The number of nitrogens with zero attached hydrogens (tertiary/aromatic N) is 2. The summed E-state index contributed by atoms with van der Waals surface area (Å²) in [5.41, 5.74) is 3.78. The summed E-state index contributed by atoms with van der Waals surface area (Å²) in [4.78, 5) is 28.8. The number of hydrogen-bond acceptors (Lipinski definition) is 3. The number of halogens is 2. The van der Waals surface area contributed by atoms with E-state index in [-0.39, 0.29) is 17.3 Å². The SMILES string of the molecule is CC(=O)N1N=C(c2c(-c3ccccc3)c3cc(Br)ccc3[nH]c2=O)C[C@H]1c1ccc(F)cc1. The first-order valence-corrected chi connectivity index (χ1v) is 11.3. The highest BCUT2D eigenvalue weighted by Gasteiger charge is 2.34. The number of benzene rings is 3. The molecule has 0 saturated heterocycles. The molecule has 33 heavy (non-hydrogen) atoms. The van der Waals surface area contributed by atoms with Gasteiger partial charge in [0.1, 0.15) is 5.82 Å². The van der Waals surface area contributed by atoms with Gasteiger partial charge in [-0.05, 0) is 41.5 Å². The lowest BCUT2D eigenvalue weighted by Gasteiger charge is -2.20. The third-order valence-electron chi connectivity index (χ3n) is 5.82. The number of pyridine rings is 1. The molecular weight excluding hydrogens is 485 g/mol. The first-order chi connectivity index (χ1) is 15.9. The molecule has 0 radical (unpaired) electrons. The normalized spacial score (nSPS) is 15.7. The van der Waals surface area contributed by atoms with Crippen LogP contribution in [0.2, 0.25) is 0 Å². The number of carbonyl (C=O) groups excluding carboxylic acids is 1. The Labute approximate surface area is 197 Å². The van der Waals surface area contributed by atoms with Gasteiger partial charge < -0.3 is 4.98 Å². The number of carbonyl (C=O) groups is 1. The number of amides is 1. The summed E-state index contributed by atoms with van der Waals surface area (Å²) in [6, 6.07) is 21.0. The van der Waals surface area contributed by atoms with Crippen molar-refractivity contribution in [3.05, 3.63) is 105 Å². The van der Waals surface area contributed by atoms with E-state index in [1.54, 1.807) is 12.1 Å². The molecule has 4 aromatic rings. The van der Waals surface area contributed by atoms with Crippen molar-refractivity contribution in [1.29, 1.82) is 0 Å². The summed E-state index contributed by atoms with van der Waals surface area (Å²) < 4.78 is 14.4. The van der Waals surface area contributed by atoms with E-state index in [4.69, 9.17) is 0 Å². The van der Waals surface area contributed by atoms with Crippen molar-refractivity contribution in [2.45, 2.75) is 19.4 Å². The van der Waals surface area contributed by atoms with Crippen LogP contribution in [0.5, 0.6) is 0 Å². The van der Waals surface area contributed by atoms with Gasteiger partial charge in [-0.3, -0.25) is 9.59 Å². The van der Waals surface area contributed by atoms with Crippen LogP contribution in [0.3, 0.4) is 0 Å². The monoisotopic (exact) mass is 503 g/mol. The molecule has 1 aliphatic rings. The Morgan fingerprint density at radius 3 is 2.48 bits per heavy atom. The molecular formula is C26H19BrFN3O2. The first kappa shape index (κ1) is 21.3. The Morgan fingerprint density at radius 2 is 1.79 bits per heavy atom. The fourth-order valence-electron chi connectivity index (χ4n) is 4.34. The predicted octanol–water partition coefficient (Wildman–Crippen LogP) is 5.79. The Kier molecular flexibility index (Phi) is 5.42. The van der Waals surface area contributed by atoms with Crippen LogP contribution in [0.4, 0.5) is 4.39 Å². The lowest BCUT2D eigenvalue weighted by Crippen LogP contribution is -2.24. The van der Waals surface area contributed by atoms with Gasteiger partial charge in [0.05, 0.1) is 17.3 Å². The summed E-state index contributed by atoms with van der Waals surface area (Å²) in [7, 11) is 0. The van der Waals surface area contributed by atoms with Crippen molar-refractivity contribution >= 4 is 38.5 Å². The number of hydrogen-bond donors (Lipinski definition) is 1. The molecule has 2 heterocycles. The van der Waals surface area contributed by atoms with Crippen LogP contribution >= 0.6 is 15.9 Å². The third-order valence-corrected chi connectivity index (χ3v) is 6.31. The molecule has 3 aromatic carbocycles. The second kappa shape index (κ2) is 8.41. The zero-order chi connectivity index (χ0) is 23.1. The van der Waals surface area contributed by atoms with Gasteiger partial charge in [0.2, 0.25) is 5.91 Å². The van der Waals surface area contributed by atoms with E-state index in [1.807, 2.05) is 48.5 Å². The molecule has 1 aliphatic heterocycles. The number of aromatic amines is 1. The minimum Gasteiger partial charge on any atom is -0.321 e. The number of aromatic nitrogens is 1. The average Bonchev–Trinajstić information content (AvgIpc) is 3.25. The van der Waals surface area contributed by atoms with Gasteiger partial charge in [-0.2, -0.15) is 5.10 Å². The molecule has 164 valence electrons. The van der Waals surface area contributed by atoms with Gasteiger partial charge in [-0.1, -0.05) is 58.4 Å². The van der Waals surface area contributed by atoms with Gasteiger partial charge in [0, 0.05) is 34.3 Å². The summed E-state index contributed by atoms with van der Waals surface area (Å²) in [6.07, 6.45) is 0.341. The molecule has 0 aliphatic carbocycles. The van der Waals surface area contributed by atoms with E-state index in [1.165, 1.54) is 24.1 Å². The number of fused-ring (bicyclic) bond motifs is 1. The third kappa shape index (κ3) is 3.89. The molecule has 5 nitrogen and oxygen atoms in total. The second-order valence-corrected chi connectivity index (χ2v) is 8.86. The quantitative estimate of drug-likeness (QED) is 0.384. The van der Waals surface area contributed by atoms with Crippen molar-refractivity contribution in [2.75, 3.05) is 0 Å². The van der Waals surface area contributed by atoms with Gasteiger partial charge in [-0.15, -0.1) is 0 Å². The topological polar surface area (TPSA) is 65.5 Å². The number of rotatable bonds is 3. The fourth-order valence-corrected chi connectivity index (χ4v) is 4.70. The Balaban J connectivity index is 1.74. The van der Waals surface area contributed by atoms with Crippen LogP contribution in [0.1, 0.15) is 30.5 Å². The zero-order valence-corrected chi connectivity index (χ0v) is 19.3. The molecule has 1 amide bonds. The zero-order valence-electron chi connectivity index (χ0n) is 17.7. The molecule has 0 saturated carbocycles. The molecule has 5 rings (SSSR count). The smallest absolute Gasteiger partial charge is 0.258 e. The average molecular weight is 504 g/mol. The number of hydrazone groups is 1. The van der Waals surface area contributed by atoms with Crippen molar-refractivity contribution in [3.8, 4) is 11.1 Å². The largest absolute Gasteiger partial charge is 0.321 e. The van der Waals surface area contributed by atoms with Gasteiger partial charge >= 0.3 is 0 Å². The van der Waals surface area contributed by atoms with Crippen molar-refractivity contribution in [1.82, 2.24) is 9.99 Å². The van der Waals surface area contributed by atoms with Crippen molar-refractivity contribution in [3.63, 3.8) is 0 Å². The number of nitrogens with one attached hydrogen (secondary N) is 1. The van der Waals surface area contributed by atoms with Crippen LogP contribution in [0, 0.1) is 5.82 Å². The van der Waals surface area contributed by atoms with Crippen LogP contribution in [0.15, 0.2) is 87.2 Å². The summed E-state index contributed by atoms with van der Waals surface area (Å²) in [5, 5.41) is 6.83. The van der Waals surface area contributed by atoms with E-state index in [0.29, 0.717) is 23.2 Å². The van der Waals surface area contributed by atoms with E-state index < -0.39 is 6.04 Å². The van der Waals surface area contributed by atoms with Gasteiger partial charge in [0.15, 0.2) is 0 Å². The molecule has 0 bridgehead atoms. The molecule has 1 aromatic heterocycles. The first-order valence-electron chi connectivity index (χ1n) is 10.5. The van der Waals surface area contributed by atoms with Crippen LogP contribution in [-0.4, -0.2) is 21.6 Å². The minimum absolute atomic E-state index is 0.249. The lowest BCUT2D eigenvalue weighted by atomic mass is 9.91. The molecule has 0 fully saturated rings. The van der Waals surface area contributed by atoms with Gasteiger partial charge in [0.25, 0.3) is 5.56 Å². The summed E-state index contributed by atoms with van der Waals surface area (Å²) in [6.45, 7) is 1.43. The molecule has 1 N–H and O–H groups in total. The van der Waals surface area contributed by atoms with Crippen LogP contribution in [0.25, 0.3) is 22.0 Å². The highest BCUT2D eigenvalue weighted by molar-refractivity contribution is 9.10. The highest BCUT2D eigenvalue weighted by atomic mass is 79.9.